The number of nitrogens with two attached hydrogens (primary N) is 2. The van der Waals surface area contributed by atoms with Gasteiger partial charge in [-0.2, -0.15) is 13.2 Å². The van der Waals surface area contributed by atoms with Crippen LogP contribution in [-0.2, 0) is 4.79 Å². The Morgan fingerprint density at radius 1 is 1.32 bits per heavy atom. The average molecular weight is 390 g/mol. The lowest BCUT2D eigenvalue weighted by Crippen LogP contribution is -2.26. The second-order valence-corrected chi connectivity index (χ2v) is 6.24. The molecule has 6 N–H and O–H groups in total. The van der Waals surface area contributed by atoms with Gasteiger partial charge in [0.15, 0.2) is 0 Å². The first-order valence-electron chi connectivity index (χ1n) is 8.31. The number of carbonyl (C=O) groups excluding carboxylic acids is 1. The number of rotatable bonds is 4. The molecule has 0 radical (unpaired) electrons. The number of nitrogens with zero attached hydrogens (tertiary/aromatic N) is 2. The second-order valence-electron chi connectivity index (χ2n) is 6.24. The molecule has 2 heterocycles. The highest BCUT2D eigenvalue weighted by Gasteiger charge is 2.38. The zero-order valence-corrected chi connectivity index (χ0v) is 14.6. The van der Waals surface area contributed by atoms with Crippen molar-refractivity contribution >= 4 is 45.7 Å². The number of halogens is 3. The van der Waals surface area contributed by atoms with Gasteiger partial charge in [0.1, 0.15) is 5.71 Å². The van der Waals surface area contributed by atoms with E-state index in [1.54, 1.807) is 0 Å². The number of anilines is 2. The molecule has 1 saturated heterocycles. The van der Waals surface area contributed by atoms with Crippen LogP contribution in [0.15, 0.2) is 24.4 Å². The Balaban J connectivity index is 2.33. The lowest BCUT2D eigenvalue weighted by atomic mass is 10.0. The Bertz CT molecular complexity index is 1030. The Kier molecular flexibility index (Phi) is 4.80. The van der Waals surface area contributed by atoms with Gasteiger partial charge in [-0.1, -0.05) is 0 Å². The van der Waals surface area contributed by atoms with Gasteiger partial charge in [0.25, 0.3) is 0 Å². The Hall–Kier alpha value is -3.43. The van der Waals surface area contributed by atoms with E-state index in [1.165, 1.54) is 23.1 Å². The van der Waals surface area contributed by atoms with E-state index in [2.05, 4.69) is 4.98 Å². The Labute approximate surface area is 157 Å². The minimum absolute atomic E-state index is 0.187. The van der Waals surface area contributed by atoms with Crippen molar-refractivity contribution in [2.45, 2.75) is 19.0 Å². The number of hydrogen-bond acceptors (Lipinski definition) is 6. The fraction of sp³-hybridized carbons (Fsp3) is 0.222. The molecule has 7 nitrogen and oxygen atoms in total. The molecule has 1 amide bonds. The van der Waals surface area contributed by atoms with Crippen LogP contribution in [0.25, 0.3) is 16.5 Å². The molecule has 146 valence electrons. The van der Waals surface area contributed by atoms with Crippen molar-refractivity contribution in [2.75, 3.05) is 17.2 Å². The molecule has 0 atom stereocenters. The van der Waals surface area contributed by atoms with E-state index in [1.807, 2.05) is 0 Å². The average Bonchev–Trinajstić information content (AvgIpc) is 3.07. The minimum atomic E-state index is -4.91. The van der Waals surface area contributed by atoms with Crippen LogP contribution in [-0.4, -0.2) is 35.5 Å². The molecule has 10 heteroatoms. The van der Waals surface area contributed by atoms with E-state index in [-0.39, 0.29) is 22.8 Å². The first-order chi connectivity index (χ1) is 13.2. The SMILES string of the molecule is N=Cc1c(N)ccc2nc(/C(=C/N)C(=N)C(F)(F)F)cc(N3CCCC3=O)c12. The van der Waals surface area contributed by atoms with Crippen LogP contribution in [0.3, 0.4) is 0 Å². The summed E-state index contributed by atoms with van der Waals surface area (Å²) in [5, 5.41) is 15.5. The molecule has 2 aromatic rings. The Morgan fingerprint density at radius 3 is 2.57 bits per heavy atom. The molecular weight excluding hydrogens is 373 g/mol. The quantitative estimate of drug-likeness (QED) is 0.472. The molecule has 28 heavy (non-hydrogen) atoms. The summed E-state index contributed by atoms with van der Waals surface area (Å²) in [5.41, 5.74) is 10.0. The van der Waals surface area contributed by atoms with E-state index in [0.29, 0.717) is 42.2 Å². The zero-order chi connectivity index (χ0) is 20.6. The predicted octanol–water partition coefficient (Wildman–Crippen LogP) is 2.82. The first-order valence-corrected chi connectivity index (χ1v) is 8.31. The highest BCUT2D eigenvalue weighted by molar-refractivity contribution is 6.25. The number of nitrogens with one attached hydrogen (secondary N) is 2. The number of benzene rings is 1. The normalized spacial score (nSPS) is 15.3. The third kappa shape index (κ3) is 3.17. The van der Waals surface area contributed by atoms with Crippen LogP contribution in [0.5, 0.6) is 0 Å². The van der Waals surface area contributed by atoms with Gasteiger partial charge < -0.3 is 21.8 Å². The highest BCUT2D eigenvalue weighted by Crippen LogP contribution is 2.36. The number of allylic oxidation sites excluding steroid dienone is 1. The molecule has 0 unspecified atom stereocenters. The lowest BCUT2D eigenvalue weighted by molar-refractivity contribution is -0.117. The summed E-state index contributed by atoms with van der Waals surface area (Å²) in [6, 6.07) is 4.27. The van der Waals surface area contributed by atoms with Crippen molar-refractivity contribution in [1.29, 1.82) is 10.8 Å². The van der Waals surface area contributed by atoms with Crippen molar-refractivity contribution in [1.82, 2.24) is 4.98 Å². The number of nitrogen functional groups attached to an aromatic ring is 1. The van der Waals surface area contributed by atoms with Crippen LogP contribution >= 0.6 is 0 Å². The van der Waals surface area contributed by atoms with Crippen LogP contribution in [0, 0.1) is 10.8 Å². The molecular formula is C18H17F3N6O. The van der Waals surface area contributed by atoms with Gasteiger partial charge in [0.05, 0.1) is 16.9 Å². The molecule has 0 bridgehead atoms. The van der Waals surface area contributed by atoms with Gasteiger partial charge in [0.2, 0.25) is 5.91 Å². The molecule has 1 aliphatic heterocycles. The van der Waals surface area contributed by atoms with Gasteiger partial charge in [-0.15, -0.1) is 0 Å². The van der Waals surface area contributed by atoms with E-state index in [9.17, 15) is 18.0 Å². The van der Waals surface area contributed by atoms with Gasteiger partial charge in [0, 0.05) is 47.6 Å². The fourth-order valence-corrected chi connectivity index (χ4v) is 3.21. The van der Waals surface area contributed by atoms with Crippen LogP contribution in [0.2, 0.25) is 0 Å². The molecule has 1 aromatic heterocycles. The first kappa shape index (κ1) is 19.3. The van der Waals surface area contributed by atoms with Crippen molar-refractivity contribution in [2.24, 2.45) is 5.73 Å². The fourth-order valence-electron chi connectivity index (χ4n) is 3.21. The van der Waals surface area contributed by atoms with E-state index < -0.39 is 17.5 Å². The van der Waals surface area contributed by atoms with Crippen molar-refractivity contribution in [3.63, 3.8) is 0 Å². The third-order valence-corrected chi connectivity index (χ3v) is 4.53. The molecule has 0 saturated carbocycles. The van der Waals surface area contributed by atoms with Crippen molar-refractivity contribution in [3.05, 3.63) is 35.7 Å². The minimum Gasteiger partial charge on any atom is -0.404 e. The summed E-state index contributed by atoms with van der Waals surface area (Å²) in [5.74, 6) is -0.194. The lowest BCUT2D eigenvalue weighted by Gasteiger charge is -2.21. The zero-order valence-electron chi connectivity index (χ0n) is 14.6. The van der Waals surface area contributed by atoms with E-state index >= 15 is 0 Å². The Morgan fingerprint density at radius 2 is 2.04 bits per heavy atom. The summed E-state index contributed by atoms with van der Waals surface area (Å²) in [4.78, 5) is 17.9. The van der Waals surface area contributed by atoms with Gasteiger partial charge >= 0.3 is 6.18 Å². The summed E-state index contributed by atoms with van der Waals surface area (Å²) < 4.78 is 39.2. The maximum Gasteiger partial charge on any atom is 0.433 e. The molecule has 0 spiro atoms. The summed E-state index contributed by atoms with van der Waals surface area (Å²) >= 11 is 0. The largest absolute Gasteiger partial charge is 0.433 e. The summed E-state index contributed by atoms with van der Waals surface area (Å²) in [7, 11) is 0. The molecule has 3 rings (SSSR count). The van der Waals surface area contributed by atoms with E-state index in [4.69, 9.17) is 22.3 Å². The maximum atomic E-state index is 13.1. The smallest absolute Gasteiger partial charge is 0.404 e. The summed E-state index contributed by atoms with van der Waals surface area (Å²) in [6.45, 7) is 0.377. The number of pyridine rings is 1. The van der Waals surface area contributed by atoms with Gasteiger partial charge in [-0.25, -0.2) is 4.98 Å². The van der Waals surface area contributed by atoms with Crippen LogP contribution in [0.4, 0.5) is 24.5 Å². The van der Waals surface area contributed by atoms with Gasteiger partial charge in [-0.3, -0.25) is 10.2 Å². The summed E-state index contributed by atoms with van der Waals surface area (Å²) in [6.07, 6.45) is -2.32. The monoisotopic (exact) mass is 390 g/mol. The maximum absolute atomic E-state index is 13.1. The number of aromatic nitrogens is 1. The predicted molar refractivity (Wildman–Crippen MR) is 102 cm³/mol. The van der Waals surface area contributed by atoms with E-state index in [0.717, 1.165) is 6.21 Å². The van der Waals surface area contributed by atoms with Crippen LogP contribution < -0.4 is 16.4 Å². The number of fused-ring (bicyclic) bond motifs is 1. The number of amides is 1. The topological polar surface area (TPSA) is 133 Å². The third-order valence-electron chi connectivity index (χ3n) is 4.53. The molecule has 1 aliphatic rings. The molecule has 0 aliphatic carbocycles. The molecule has 1 fully saturated rings. The molecule has 1 aromatic carbocycles. The van der Waals surface area contributed by atoms with Crippen molar-refractivity contribution in [3.8, 4) is 0 Å². The highest BCUT2D eigenvalue weighted by atomic mass is 19.4. The second kappa shape index (κ2) is 6.95. The number of carbonyl (C=O) groups is 1. The standard InChI is InChI=1S/C18H17F3N6O/c19-18(20,21)17(25)10(8-23)13-6-14(27-5-1-2-15(27)28)16-9(7-22)11(24)3-4-12(16)26-13/h3-4,6-8,22,25H,1-2,5,23-24H2/b10-8-,22-7?,25-17?. The van der Waals surface area contributed by atoms with Crippen molar-refractivity contribution < 1.29 is 18.0 Å². The number of alkyl halides is 3. The number of hydrogen-bond donors (Lipinski definition) is 4. The van der Waals surface area contributed by atoms with Crippen LogP contribution in [0.1, 0.15) is 24.1 Å². The van der Waals surface area contributed by atoms with Gasteiger partial charge in [-0.05, 0) is 24.6 Å².